The summed E-state index contributed by atoms with van der Waals surface area (Å²) in [5.74, 6) is 0.796. The molecule has 0 saturated heterocycles. The Morgan fingerprint density at radius 3 is 3.12 bits per heavy atom. The topological polar surface area (TPSA) is 38.9 Å². The van der Waals surface area contributed by atoms with E-state index in [4.69, 9.17) is 5.73 Å². The minimum atomic E-state index is -0.260. The molecule has 2 aromatic rings. The Kier molecular flexibility index (Phi) is 2.47. The first-order chi connectivity index (χ1) is 8.16. The van der Waals surface area contributed by atoms with Crippen LogP contribution in [0.3, 0.4) is 0 Å². The predicted octanol–water partition coefficient (Wildman–Crippen LogP) is 3.31. The van der Waals surface area contributed by atoms with Gasteiger partial charge in [0.1, 0.15) is 5.82 Å². The second kappa shape index (κ2) is 3.88. The standard InChI is InChI=1S/C13H13FN2S/c1-7-13-9(4-5-17-7)12(15)10-6-8(14)2-3-11(10)16-13/h2-3,6-7H,4-5H2,1H3,(H2,15,16). The van der Waals surface area contributed by atoms with Crippen molar-refractivity contribution in [2.75, 3.05) is 11.5 Å². The van der Waals surface area contributed by atoms with Gasteiger partial charge < -0.3 is 5.73 Å². The van der Waals surface area contributed by atoms with Gasteiger partial charge in [0.05, 0.1) is 11.2 Å². The quantitative estimate of drug-likeness (QED) is 0.777. The first kappa shape index (κ1) is 10.8. The molecule has 0 aliphatic carbocycles. The fourth-order valence-corrected chi connectivity index (χ4v) is 3.36. The van der Waals surface area contributed by atoms with Crippen LogP contribution in [0.5, 0.6) is 0 Å². The SMILES string of the molecule is CC1SCCc2c1nc1ccc(F)cc1c2N. The minimum Gasteiger partial charge on any atom is -0.398 e. The highest BCUT2D eigenvalue weighted by molar-refractivity contribution is 7.99. The normalized spacial score (nSPS) is 19.3. The van der Waals surface area contributed by atoms with E-state index in [1.807, 2.05) is 11.8 Å². The van der Waals surface area contributed by atoms with Gasteiger partial charge in [0, 0.05) is 16.3 Å². The summed E-state index contributed by atoms with van der Waals surface area (Å²) in [4.78, 5) is 4.63. The van der Waals surface area contributed by atoms with Crippen LogP contribution >= 0.6 is 11.8 Å². The predicted molar refractivity (Wildman–Crippen MR) is 70.7 cm³/mol. The van der Waals surface area contributed by atoms with Crippen LogP contribution in [-0.4, -0.2) is 10.7 Å². The zero-order valence-electron chi connectivity index (χ0n) is 9.53. The summed E-state index contributed by atoms with van der Waals surface area (Å²) in [5, 5.41) is 1.11. The van der Waals surface area contributed by atoms with E-state index in [2.05, 4.69) is 11.9 Å². The maximum absolute atomic E-state index is 13.2. The summed E-state index contributed by atoms with van der Waals surface area (Å²) in [5.41, 5.74) is 9.82. The Bertz CT molecular complexity index is 597. The third-order valence-corrected chi connectivity index (χ3v) is 4.39. The van der Waals surface area contributed by atoms with Crippen molar-refractivity contribution in [2.24, 2.45) is 0 Å². The lowest BCUT2D eigenvalue weighted by molar-refractivity contribution is 0.629. The summed E-state index contributed by atoms with van der Waals surface area (Å²) >= 11 is 1.89. The first-order valence-electron chi connectivity index (χ1n) is 5.66. The van der Waals surface area contributed by atoms with Crippen molar-refractivity contribution >= 4 is 28.4 Å². The smallest absolute Gasteiger partial charge is 0.124 e. The number of aromatic nitrogens is 1. The highest BCUT2D eigenvalue weighted by Crippen LogP contribution is 2.39. The number of nitrogen functional groups attached to an aromatic ring is 1. The number of rotatable bonds is 0. The number of nitrogens with zero attached hydrogens (tertiary/aromatic N) is 1. The highest BCUT2D eigenvalue weighted by atomic mass is 32.2. The number of thioether (sulfide) groups is 1. The molecule has 1 unspecified atom stereocenters. The lowest BCUT2D eigenvalue weighted by atomic mass is 10.0. The van der Waals surface area contributed by atoms with Gasteiger partial charge in [-0.3, -0.25) is 4.98 Å². The molecule has 3 rings (SSSR count). The minimum absolute atomic E-state index is 0.260. The molecule has 1 aromatic heterocycles. The van der Waals surface area contributed by atoms with Gasteiger partial charge in [-0.2, -0.15) is 11.8 Å². The summed E-state index contributed by atoms with van der Waals surface area (Å²) < 4.78 is 13.2. The van der Waals surface area contributed by atoms with E-state index in [0.717, 1.165) is 34.3 Å². The van der Waals surface area contributed by atoms with Crippen LogP contribution < -0.4 is 5.73 Å². The van der Waals surface area contributed by atoms with Gasteiger partial charge >= 0.3 is 0 Å². The second-order valence-electron chi connectivity index (χ2n) is 4.31. The van der Waals surface area contributed by atoms with E-state index >= 15 is 0 Å². The molecule has 2 nitrogen and oxygen atoms in total. The van der Waals surface area contributed by atoms with E-state index in [0.29, 0.717) is 10.9 Å². The number of hydrogen-bond acceptors (Lipinski definition) is 3. The highest BCUT2D eigenvalue weighted by Gasteiger charge is 2.22. The Morgan fingerprint density at radius 2 is 2.29 bits per heavy atom. The molecule has 4 heteroatoms. The summed E-state index contributed by atoms with van der Waals surface area (Å²) in [6.07, 6.45) is 0.926. The lowest BCUT2D eigenvalue weighted by Crippen LogP contribution is -2.12. The van der Waals surface area contributed by atoms with E-state index < -0.39 is 0 Å². The average molecular weight is 248 g/mol. The van der Waals surface area contributed by atoms with E-state index in [1.54, 1.807) is 6.07 Å². The third kappa shape index (κ3) is 1.67. The molecule has 1 aromatic carbocycles. The fraction of sp³-hybridized carbons (Fsp3) is 0.308. The summed E-state index contributed by atoms with van der Waals surface area (Å²) in [7, 11) is 0. The second-order valence-corrected chi connectivity index (χ2v) is 5.76. The van der Waals surface area contributed by atoms with E-state index in [1.165, 1.54) is 12.1 Å². The third-order valence-electron chi connectivity index (χ3n) is 3.23. The molecule has 1 aliphatic rings. The van der Waals surface area contributed by atoms with Crippen molar-refractivity contribution in [1.82, 2.24) is 4.98 Å². The van der Waals surface area contributed by atoms with Gasteiger partial charge in [0.25, 0.3) is 0 Å². The molecule has 0 saturated carbocycles. The summed E-state index contributed by atoms with van der Waals surface area (Å²) in [6, 6.07) is 4.61. The largest absolute Gasteiger partial charge is 0.398 e. The number of hydrogen-bond donors (Lipinski definition) is 1. The zero-order valence-corrected chi connectivity index (χ0v) is 10.4. The van der Waals surface area contributed by atoms with Crippen LogP contribution in [0.15, 0.2) is 18.2 Å². The van der Waals surface area contributed by atoms with Crippen LogP contribution in [-0.2, 0) is 6.42 Å². The van der Waals surface area contributed by atoms with Gasteiger partial charge in [-0.25, -0.2) is 4.39 Å². The van der Waals surface area contributed by atoms with Crippen LogP contribution in [0.4, 0.5) is 10.1 Å². The molecule has 0 bridgehead atoms. The lowest BCUT2D eigenvalue weighted by Gasteiger charge is -2.23. The van der Waals surface area contributed by atoms with Gasteiger partial charge in [-0.1, -0.05) is 0 Å². The van der Waals surface area contributed by atoms with E-state index in [9.17, 15) is 4.39 Å². The van der Waals surface area contributed by atoms with Crippen LogP contribution in [0.1, 0.15) is 23.4 Å². The molecular weight excluding hydrogens is 235 g/mol. The fourth-order valence-electron chi connectivity index (χ4n) is 2.33. The summed E-state index contributed by atoms with van der Waals surface area (Å²) in [6.45, 7) is 2.14. The monoisotopic (exact) mass is 248 g/mol. The molecule has 2 heterocycles. The van der Waals surface area contributed by atoms with Crippen LogP contribution in [0.25, 0.3) is 10.9 Å². The van der Waals surface area contributed by atoms with Gasteiger partial charge in [-0.15, -0.1) is 0 Å². The van der Waals surface area contributed by atoms with Gasteiger partial charge in [0.2, 0.25) is 0 Å². The maximum Gasteiger partial charge on any atom is 0.124 e. The maximum atomic E-state index is 13.2. The average Bonchev–Trinajstić information content (AvgIpc) is 2.32. The number of anilines is 1. The van der Waals surface area contributed by atoms with Crippen molar-refractivity contribution in [3.63, 3.8) is 0 Å². The number of halogens is 1. The van der Waals surface area contributed by atoms with Crippen molar-refractivity contribution < 1.29 is 4.39 Å². The Morgan fingerprint density at radius 1 is 1.47 bits per heavy atom. The Hall–Kier alpha value is -1.29. The zero-order chi connectivity index (χ0) is 12.0. The van der Waals surface area contributed by atoms with Gasteiger partial charge in [-0.05, 0) is 42.9 Å². The van der Waals surface area contributed by atoms with Crippen LogP contribution in [0.2, 0.25) is 0 Å². The number of benzene rings is 1. The van der Waals surface area contributed by atoms with Crippen molar-refractivity contribution in [2.45, 2.75) is 18.6 Å². The molecule has 2 N–H and O–H groups in total. The number of pyridine rings is 1. The van der Waals surface area contributed by atoms with Crippen molar-refractivity contribution in [3.05, 3.63) is 35.3 Å². The van der Waals surface area contributed by atoms with E-state index in [-0.39, 0.29) is 5.82 Å². The van der Waals surface area contributed by atoms with Gasteiger partial charge in [0.15, 0.2) is 0 Å². The number of fused-ring (bicyclic) bond motifs is 2. The molecule has 88 valence electrons. The number of nitrogens with two attached hydrogens (primary N) is 1. The molecule has 0 radical (unpaired) electrons. The van der Waals surface area contributed by atoms with Crippen LogP contribution in [0, 0.1) is 5.82 Å². The molecule has 1 atom stereocenters. The molecule has 0 fully saturated rings. The first-order valence-corrected chi connectivity index (χ1v) is 6.71. The van der Waals surface area contributed by atoms with Crippen molar-refractivity contribution in [3.8, 4) is 0 Å². The molecule has 0 amide bonds. The molecular formula is C13H13FN2S. The Balaban J connectivity index is 2.35. The molecule has 17 heavy (non-hydrogen) atoms. The molecule has 1 aliphatic heterocycles. The Labute approximate surface area is 103 Å². The molecule has 0 spiro atoms. The van der Waals surface area contributed by atoms with Crippen molar-refractivity contribution in [1.29, 1.82) is 0 Å².